The van der Waals surface area contributed by atoms with Crippen LogP contribution in [0.2, 0.25) is 0 Å². The lowest BCUT2D eigenvalue weighted by Crippen LogP contribution is -2.58. The van der Waals surface area contributed by atoms with Gasteiger partial charge in [-0.25, -0.2) is 4.79 Å². The van der Waals surface area contributed by atoms with Gasteiger partial charge < -0.3 is 14.7 Å². The van der Waals surface area contributed by atoms with Crippen molar-refractivity contribution in [2.75, 3.05) is 33.7 Å². The summed E-state index contributed by atoms with van der Waals surface area (Å²) in [4.78, 5) is 29.2. The maximum Gasteiger partial charge on any atom is 0.319 e. The van der Waals surface area contributed by atoms with Crippen molar-refractivity contribution in [3.8, 4) is 0 Å². The Labute approximate surface area is 116 Å². The van der Waals surface area contributed by atoms with Crippen LogP contribution in [-0.4, -0.2) is 66.4 Å². The number of urea groups is 1. The SMILES string of the molecule is CC(C)C(=O)N(C)CC1CN(C(=O)N(C)C(C)C)C1. The molecule has 3 amide bonds. The molecular formula is C14H27N3O2. The van der Waals surface area contributed by atoms with Crippen LogP contribution in [-0.2, 0) is 4.79 Å². The number of amides is 3. The van der Waals surface area contributed by atoms with Gasteiger partial charge in [-0.3, -0.25) is 4.79 Å². The predicted molar refractivity (Wildman–Crippen MR) is 75.8 cm³/mol. The van der Waals surface area contributed by atoms with E-state index in [2.05, 4.69) is 0 Å². The standard InChI is InChI=1S/C14H27N3O2/c1-10(2)13(18)15(5)7-12-8-17(9-12)14(19)16(6)11(3)4/h10-12H,7-9H2,1-6H3. The van der Waals surface area contributed by atoms with Gasteiger partial charge in [0.2, 0.25) is 5.91 Å². The third-order valence-corrected chi connectivity index (χ3v) is 3.71. The minimum absolute atomic E-state index is 0.0369. The van der Waals surface area contributed by atoms with Crippen molar-refractivity contribution in [1.82, 2.24) is 14.7 Å². The molecule has 1 heterocycles. The monoisotopic (exact) mass is 269 g/mol. The molecule has 0 aliphatic carbocycles. The van der Waals surface area contributed by atoms with Crippen LogP contribution in [0.5, 0.6) is 0 Å². The first-order chi connectivity index (χ1) is 8.73. The van der Waals surface area contributed by atoms with E-state index in [1.54, 1.807) is 9.80 Å². The lowest BCUT2D eigenvalue weighted by Gasteiger charge is -2.43. The fourth-order valence-electron chi connectivity index (χ4n) is 2.20. The molecule has 0 spiro atoms. The first kappa shape index (κ1) is 15.8. The van der Waals surface area contributed by atoms with Crippen molar-refractivity contribution in [3.05, 3.63) is 0 Å². The van der Waals surface area contributed by atoms with Crippen molar-refractivity contribution in [1.29, 1.82) is 0 Å². The van der Waals surface area contributed by atoms with E-state index in [-0.39, 0.29) is 23.9 Å². The van der Waals surface area contributed by atoms with E-state index < -0.39 is 0 Å². The van der Waals surface area contributed by atoms with Crippen molar-refractivity contribution in [3.63, 3.8) is 0 Å². The van der Waals surface area contributed by atoms with Crippen LogP contribution in [0.4, 0.5) is 4.79 Å². The van der Waals surface area contributed by atoms with Crippen LogP contribution < -0.4 is 0 Å². The van der Waals surface area contributed by atoms with Crippen LogP contribution in [0.25, 0.3) is 0 Å². The molecular weight excluding hydrogens is 242 g/mol. The van der Waals surface area contributed by atoms with E-state index in [4.69, 9.17) is 0 Å². The predicted octanol–water partition coefficient (Wildman–Crippen LogP) is 1.49. The van der Waals surface area contributed by atoms with Crippen molar-refractivity contribution < 1.29 is 9.59 Å². The Balaban J connectivity index is 2.34. The Morgan fingerprint density at radius 2 is 1.68 bits per heavy atom. The summed E-state index contributed by atoms with van der Waals surface area (Å²) in [6.07, 6.45) is 0. The molecule has 1 saturated heterocycles. The molecule has 1 rings (SSSR count). The average Bonchev–Trinajstić information content (AvgIpc) is 2.29. The summed E-state index contributed by atoms with van der Waals surface area (Å²) in [5.41, 5.74) is 0. The highest BCUT2D eigenvalue weighted by molar-refractivity contribution is 5.78. The molecule has 1 fully saturated rings. The fourth-order valence-corrected chi connectivity index (χ4v) is 2.20. The van der Waals surface area contributed by atoms with Crippen molar-refractivity contribution in [2.24, 2.45) is 11.8 Å². The number of rotatable bonds is 4. The molecule has 0 N–H and O–H groups in total. The second kappa shape index (κ2) is 6.26. The zero-order valence-electron chi connectivity index (χ0n) is 13.0. The highest BCUT2D eigenvalue weighted by Gasteiger charge is 2.34. The molecule has 1 aliphatic heterocycles. The fraction of sp³-hybridized carbons (Fsp3) is 0.857. The summed E-state index contributed by atoms with van der Waals surface area (Å²) in [6.45, 7) is 10.1. The summed E-state index contributed by atoms with van der Waals surface area (Å²) in [7, 11) is 3.67. The van der Waals surface area contributed by atoms with E-state index in [1.165, 1.54) is 0 Å². The van der Waals surface area contributed by atoms with Gasteiger partial charge in [-0.1, -0.05) is 13.8 Å². The Hall–Kier alpha value is -1.26. The number of likely N-dealkylation sites (tertiary alicyclic amines) is 1. The Kier molecular flexibility index (Phi) is 5.20. The molecule has 0 radical (unpaired) electrons. The molecule has 0 atom stereocenters. The minimum Gasteiger partial charge on any atom is -0.345 e. The largest absolute Gasteiger partial charge is 0.345 e. The van der Waals surface area contributed by atoms with Crippen LogP contribution >= 0.6 is 0 Å². The summed E-state index contributed by atoms with van der Waals surface area (Å²) in [6, 6.07) is 0.306. The maximum atomic E-state index is 12.0. The molecule has 0 unspecified atom stereocenters. The first-order valence-electron chi connectivity index (χ1n) is 7.00. The van der Waals surface area contributed by atoms with Gasteiger partial charge in [0.25, 0.3) is 0 Å². The number of carbonyl (C=O) groups excluding carboxylic acids is 2. The van der Waals surface area contributed by atoms with Gasteiger partial charge >= 0.3 is 6.03 Å². The van der Waals surface area contributed by atoms with E-state index >= 15 is 0 Å². The number of carbonyl (C=O) groups is 2. The lowest BCUT2D eigenvalue weighted by molar-refractivity contribution is -0.134. The number of hydrogen-bond donors (Lipinski definition) is 0. The topological polar surface area (TPSA) is 43.9 Å². The van der Waals surface area contributed by atoms with Gasteiger partial charge in [-0.2, -0.15) is 0 Å². The first-order valence-corrected chi connectivity index (χ1v) is 7.00. The summed E-state index contributed by atoms with van der Waals surface area (Å²) in [5.74, 6) is 0.621. The van der Waals surface area contributed by atoms with Crippen molar-refractivity contribution in [2.45, 2.75) is 33.7 Å². The second-order valence-electron chi connectivity index (χ2n) is 6.13. The van der Waals surface area contributed by atoms with Gasteiger partial charge in [-0.15, -0.1) is 0 Å². The van der Waals surface area contributed by atoms with Crippen LogP contribution in [0.3, 0.4) is 0 Å². The van der Waals surface area contributed by atoms with E-state index in [0.717, 1.165) is 19.6 Å². The number of nitrogens with zero attached hydrogens (tertiary/aromatic N) is 3. The van der Waals surface area contributed by atoms with Gasteiger partial charge in [0.15, 0.2) is 0 Å². The number of hydrogen-bond acceptors (Lipinski definition) is 2. The highest BCUT2D eigenvalue weighted by Crippen LogP contribution is 2.19. The van der Waals surface area contributed by atoms with Crippen LogP contribution in [0.1, 0.15) is 27.7 Å². The van der Waals surface area contributed by atoms with Crippen LogP contribution in [0.15, 0.2) is 0 Å². The van der Waals surface area contributed by atoms with E-state index in [9.17, 15) is 9.59 Å². The third kappa shape index (κ3) is 3.85. The highest BCUT2D eigenvalue weighted by atomic mass is 16.2. The molecule has 0 saturated carbocycles. The lowest BCUT2D eigenvalue weighted by atomic mass is 9.99. The molecule has 5 heteroatoms. The summed E-state index contributed by atoms with van der Waals surface area (Å²) >= 11 is 0. The molecule has 0 bridgehead atoms. The minimum atomic E-state index is 0.0369. The maximum absolute atomic E-state index is 12.0. The zero-order valence-corrected chi connectivity index (χ0v) is 13.0. The van der Waals surface area contributed by atoms with Gasteiger partial charge in [0, 0.05) is 51.6 Å². The normalized spacial score (nSPS) is 15.7. The summed E-state index contributed by atoms with van der Waals surface area (Å²) < 4.78 is 0. The second-order valence-corrected chi connectivity index (χ2v) is 6.13. The van der Waals surface area contributed by atoms with E-state index in [1.807, 2.05) is 46.7 Å². The summed E-state index contributed by atoms with van der Waals surface area (Å²) in [5, 5.41) is 0. The molecule has 110 valence electrons. The van der Waals surface area contributed by atoms with E-state index in [0.29, 0.717) is 5.92 Å². The Bertz CT molecular complexity index is 336. The van der Waals surface area contributed by atoms with Crippen LogP contribution in [0, 0.1) is 11.8 Å². The molecule has 1 aliphatic rings. The molecule has 5 nitrogen and oxygen atoms in total. The van der Waals surface area contributed by atoms with Gasteiger partial charge in [0.1, 0.15) is 0 Å². The molecule has 0 aromatic heterocycles. The average molecular weight is 269 g/mol. The quantitative estimate of drug-likeness (QED) is 0.776. The molecule has 19 heavy (non-hydrogen) atoms. The zero-order chi connectivity index (χ0) is 14.7. The Morgan fingerprint density at radius 1 is 1.16 bits per heavy atom. The van der Waals surface area contributed by atoms with Gasteiger partial charge in [0.05, 0.1) is 0 Å². The van der Waals surface area contributed by atoms with Gasteiger partial charge in [-0.05, 0) is 13.8 Å². The Morgan fingerprint density at radius 3 is 2.11 bits per heavy atom. The molecule has 0 aromatic rings. The van der Waals surface area contributed by atoms with Crippen molar-refractivity contribution >= 4 is 11.9 Å². The third-order valence-electron chi connectivity index (χ3n) is 3.71. The smallest absolute Gasteiger partial charge is 0.319 e. The molecule has 0 aromatic carbocycles.